The second-order valence-corrected chi connectivity index (χ2v) is 1.56. The van der Waals surface area contributed by atoms with Gasteiger partial charge in [0.25, 0.3) is 0 Å². The van der Waals surface area contributed by atoms with E-state index in [0.717, 1.165) is 5.57 Å². The third-order valence-electron chi connectivity index (χ3n) is 0.570. The van der Waals surface area contributed by atoms with Gasteiger partial charge in [0.05, 0.1) is 0 Å². The fraction of sp³-hybridized carbons (Fsp3) is 0.500. The van der Waals surface area contributed by atoms with Crippen LogP contribution in [0.2, 0.25) is 0 Å². The normalized spacial score (nSPS) is 10.5. The van der Waals surface area contributed by atoms with Crippen LogP contribution in [0.4, 0.5) is 0 Å². The molecule has 0 bridgehead atoms. The molecule has 0 aromatic rings. The largest absolute Gasteiger partial charge is 0.0930 e. The molecular formula is C4H6ClN3. The highest BCUT2D eigenvalue weighted by molar-refractivity contribution is 6.25. The minimum atomic E-state index is 0.361. The van der Waals surface area contributed by atoms with Gasteiger partial charge in [0, 0.05) is 17.0 Å². The fourth-order valence-corrected chi connectivity index (χ4v) is 0.247. The molecule has 44 valence electrons. The van der Waals surface area contributed by atoms with E-state index in [1.807, 2.05) is 0 Å². The zero-order chi connectivity index (χ0) is 6.41. The van der Waals surface area contributed by atoms with Crippen LogP contribution in [-0.4, -0.2) is 6.54 Å². The van der Waals surface area contributed by atoms with Gasteiger partial charge in [-0.25, -0.2) is 0 Å². The maximum Gasteiger partial charge on any atom is 0.0478 e. The van der Waals surface area contributed by atoms with Gasteiger partial charge in [0.15, 0.2) is 0 Å². The lowest BCUT2D eigenvalue weighted by Gasteiger charge is -1.84. The predicted molar refractivity (Wildman–Crippen MR) is 33.6 cm³/mol. The molecule has 0 aliphatic carbocycles. The van der Waals surface area contributed by atoms with E-state index in [2.05, 4.69) is 10.0 Å². The molecule has 0 saturated heterocycles. The van der Waals surface area contributed by atoms with E-state index >= 15 is 0 Å². The summed E-state index contributed by atoms with van der Waals surface area (Å²) in [5.41, 5.74) is 10.1. The Morgan fingerprint density at radius 3 is 3.00 bits per heavy atom. The van der Waals surface area contributed by atoms with Crippen LogP contribution < -0.4 is 0 Å². The van der Waals surface area contributed by atoms with E-state index in [9.17, 15) is 0 Å². The highest BCUT2D eigenvalue weighted by Crippen LogP contribution is 1.94. The first-order valence-corrected chi connectivity index (χ1v) is 2.51. The van der Waals surface area contributed by atoms with Crippen molar-refractivity contribution in [2.75, 3.05) is 6.54 Å². The third-order valence-corrected chi connectivity index (χ3v) is 0.942. The average Bonchev–Trinajstić information content (AvgIpc) is 1.83. The molecule has 0 atom stereocenters. The molecule has 0 fully saturated rings. The van der Waals surface area contributed by atoms with Crippen LogP contribution in [0.15, 0.2) is 16.2 Å². The molecule has 4 heteroatoms. The topological polar surface area (TPSA) is 48.8 Å². The number of nitrogens with zero attached hydrogens (tertiary/aromatic N) is 3. The van der Waals surface area contributed by atoms with E-state index in [4.69, 9.17) is 17.1 Å². The van der Waals surface area contributed by atoms with Gasteiger partial charge in [0.2, 0.25) is 0 Å². The van der Waals surface area contributed by atoms with E-state index in [1.54, 1.807) is 6.92 Å². The Kier molecular flexibility index (Phi) is 4.13. The minimum absolute atomic E-state index is 0.361. The first-order valence-electron chi connectivity index (χ1n) is 2.08. The first-order chi connectivity index (χ1) is 3.81. The lowest BCUT2D eigenvalue weighted by atomic mass is 10.4. The van der Waals surface area contributed by atoms with Gasteiger partial charge in [-0.15, -0.1) is 0 Å². The van der Waals surface area contributed by atoms with Gasteiger partial charge in [-0.05, 0) is 12.5 Å². The molecule has 0 aromatic carbocycles. The van der Waals surface area contributed by atoms with Crippen molar-refractivity contribution in [2.24, 2.45) is 5.11 Å². The minimum Gasteiger partial charge on any atom is -0.0930 e. The van der Waals surface area contributed by atoms with Crippen LogP contribution in [0.3, 0.4) is 0 Å². The molecule has 0 aliphatic rings. The number of halogens is 1. The monoisotopic (exact) mass is 131 g/mol. The summed E-state index contributed by atoms with van der Waals surface area (Å²) in [4.78, 5) is 2.55. The summed E-state index contributed by atoms with van der Waals surface area (Å²) >= 11 is 5.24. The molecule has 0 aliphatic heterocycles. The van der Waals surface area contributed by atoms with Gasteiger partial charge in [-0.3, -0.25) is 0 Å². The smallest absolute Gasteiger partial charge is 0.0478 e. The van der Waals surface area contributed by atoms with Crippen LogP contribution in [0.25, 0.3) is 10.4 Å². The van der Waals surface area contributed by atoms with Gasteiger partial charge in [0.1, 0.15) is 0 Å². The molecule has 0 rings (SSSR count). The summed E-state index contributed by atoms with van der Waals surface area (Å²) in [6.07, 6.45) is 0. The molecule has 0 N–H and O–H groups in total. The molecule has 3 nitrogen and oxygen atoms in total. The maximum absolute atomic E-state index is 7.80. The zero-order valence-electron chi connectivity index (χ0n) is 4.50. The number of rotatable bonds is 2. The molecule has 8 heavy (non-hydrogen) atoms. The summed E-state index contributed by atoms with van der Waals surface area (Å²) < 4.78 is 0. The Hall–Kier alpha value is -0.660. The van der Waals surface area contributed by atoms with Crippen molar-refractivity contribution >= 4 is 11.6 Å². The van der Waals surface area contributed by atoms with E-state index < -0.39 is 0 Å². The molecule has 0 unspecified atom stereocenters. The lowest BCUT2D eigenvalue weighted by Crippen LogP contribution is -1.75. The molecule has 0 aromatic heterocycles. The maximum atomic E-state index is 7.80. The fourth-order valence-electron chi connectivity index (χ4n) is 0.178. The van der Waals surface area contributed by atoms with Gasteiger partial charge >= 0.3 is 0 Å². The van der Waals surface area contributed by atoms with Crippen molar-refractivity contribution in [1.82, 2.24) is 0 Å². The van der Waals surface area contributed by atoms with E-state index in [-0.39, 0.29) is 0 Å². The molecular weight excluding hydrogens is 126 g/mol. The predicted octanol–water partition coefficient (Wildman–Crippen LogP) is 2.44. The summed E-state index contributed by atoms with van der Waals surface area (Å²) in [6.45, 7) is 2.15. The van der Waals surface area contributed by atoms with Gasteiger partial charge in [-0.2, -0.15) is 0 Å². The quantitative estimate of drug-likeness (QED) is 0.314. The second-order valence-electron chi connectivity index (χ2n) is 1.34. The van der Waals surface area contributed by atoms with Crippen molar-refractivity contribution in [3.8, 4) is 0 Å². The third kappa shape index (κ3) is 3.53. The van der Waals surface area contributed by atoms with E-state index in [1.165, 1.54) is 5.54 Å². The number of hydrogen-bond acceptors (Lipinski definition) is 1. The zero-order valence-corrected chi connectivity index (χ0v) is 5.26. The molecule has 0 saturated carbocycles. The van der Waals surface area contributed by atoms with Crippen molar-refractivity contribution in [3.63, 3.8) is 0 Å². The van der Waals surface area contributed by atoms with Gasteiger partial charge < -0.3 is 0 Å². The summed E-state index contributed by atoms with van der Waals surface area (Å²) in [6, 6.07) is 0. The second kappa shape index (κ2) is 4.50. The molecule has 0 amide bonds. The standard InChI is InChI=1S/C4H6ClN3/c1-4(2-5)3-7-8-6/h2H,3H2,1H3/b4-2+. The Morgan fingerprint density at radius 1 is 2.00 bits per heavy atom. The van der Waals surface area contributed by atoms with Crippen LogP contribution in [0.5, 0.6) is 0 Å². The lowest BCUT2D eigenvalue weighted by molar-refractivity contribution is 1.12. The molecule has 0 spiro atoms. The van der Waals surface area contributed by atoms with Crippen LogP contribution in [0, 0.1) is 0 Å². The van der Waals surface area contributed by atoms with Crippen molar-refractivity contribution in [3.05, 3.63) is 21.6 Å². The van der Waals surface area contributed by atoms with E-state index in [0.29, 0.717) is 6.54 Å². The highest BCUT2D eigenvalue weighted by Gasteiger charge is 1.80. The first kappa shape index (κ1) is 7.34. The average molecular weight is 132 g/mol. The Bertz CT molecular complexity index is 134. The van der Waals surface area contributed by atoms with Crippen LogP contribution in [-0.2, 0) is 0 Å². The summed E-state index contributed by atoms with van der Waals surface area (Å²) in [5.74, 6) is 0. The van der Waals surface area contributed by atoms with Crippen molar-refractivity contribution < 1.29 is 0 Å². The number of hydrogen-bond donors (Lipinski definition) is 0. The van der Waals surface area contributed by atoms with Crippen LogP contribution in [0.1, 0.15) is 6.92 Å². The molecule has 0 heterocycles. The summed E-state index contributed by atoms with van der Waals surface area (Å²) in [7, 11) is 0. The Balaban J connectivity index is 3.55. The highest BCUT2D eigenvalue weighted by atomic mass is 35.5. The SMILES string of the molecule is C/C(=C\Cl)CN=[N+]=[N-]. The van der Waals surface area contributed by atoms with Crippen molar-refractivity contribution in [1.29, 1.82) is 0 Å². The molecule has 0 radical (unpaired) electrons. The van der Waals surface area contributed by atoms with Gasteiger partial charge in [-0.1, -0.05) is 22.3 Å². The van der Waals surface area contributed by atoms with Crippen LogP contribution >= 0.6 is 11.6 Å². The summed E-state index contributed by atoms with van der Waals surface area (Å²) in [5, 5.41) is 3.27. The Labute approximate surface area is 52.6 Å². The van der Waals surface area contributed by atoms with Crippen molar-refractivity contribution in [2.45, 2.75) is 6.92 Å². The number of azide groups is 1. The Morgan fingerprint density at radius 2 is 2.62 bits per heavy atom.